The van der Waals surface area contributed by atoms with E-state index in [1.165, 1.54) is 5.56 Å². The molecule has 0 aliphatic rings. The Balaban J connectivity index is 0.000000240. The summed E-state index contributed by atoms with van der Waals surface area (Å²) in [6, 6.07) is 17.9. The van der Waals surface area contributed by atoms with Gasteiger partial charge in [0.1, 0.15) is 0 Å². The Hall–Kier alpha value is -2.09. The first-order valence-corrected chi connectivity index (χ1v) is 6.85. The molecule has 0 saturated heterocycles. The molecule has 0 fully saturated rings. The van der Waals surface area contributed by atoms with Crippen molar-refractivity contribution in [3.63, 3.8) is 0 Å². The van der Waals surface area contributed by atoms with Crippen LogP contribution in [0.25, 0.3) is 0 Å². The van der Waals surface area contributed by atoms with Gasteiger partial charge >= 0.3 is 5.97 Å². The highest BCUT2D eigenvalue weighted by atomic mass is 16.4. The summed E-state index contributed by atoms with van der Waals surface area (Å²) in [6.45, 7) is 5.96. The fraction of sp³-hybridized carbons (Fsp3) is 0.278. The van der Waals surface area contributed by atoms with Crippen LogP contribution in [0.5, 0.6) is 0 Å². The Morgan fingerprint density at radius 1 is 0.950 bits per heavy atom. The largest absolute Gasteiger partial charge is 0.481 e. The predicted molar refractivity (Wildman–Crippen MR) is 83.0 cm³/mol. The molecule has 1 atom stereocenters. The van der Waals surface area contributed by atoms with Crippen molar-refractivity contribution in [2.45, 2.75) is 33.1 Å². The van der Waals surface area contributed by atoms with Crippen molar-refractivity contribution < 1.29 is 9.90 Å². The molecule has 2 rings (SSSR count). The van der Waals surface area contributed by atoms with Crippen molar-refractivity contribution in [3.05, 3.63) is 71.3 Å². The molecule has 0 bridgehead atoms. The second-order valence-electron chi connectivity index (χ2n) is 4.86. The lowest BCUT2D eigenvalue weighted by Crippen LogP contribution is -2.10. The van der Waals surface area contributed by atoms with Crippen molar-refractivity contribution in [3.8, 4) is 0 Å². The molecule has 1 unspecified atom stereocenters. The average Bonchev–Trinajstić information content (AvgIpc) is 2.43. The molecule has 0 saturated carbocycles. The van der Waals surface area contributed by atoms with Crippen LogP contribution in [0.2, 0.25) is 0 Å². The van der Waals surface area contributed by atoms with Gasteiger partial charge in [-0.05, 0) is 25.8 Å². The molecular weight excluding hydrogens is 248 g/mol. The van der Waals surface area contributed by atoms with Crippen LogP contribution in [-0.4, -0.2) is 11.1 Å². The minimum atomic E-state index is -0.744. The molecule has 1 N–H and O–H groups in total. The first-order chi connectivity index (χ1) is 9.54. The maximum absolute atomic E-state index is 10.8. The van der Waals surface area contributed by atoms with Crippen molar-refractivity contribution in [2.75, 3.05) is 0 Å². The summed E-state index contributed by atoms with van der Waals surface area (Å²) in [5.74, 6) is -1.10. The van der Waals surface area contributed by atoms with Crippen LogP contribution in [-0.2, 0) is 4.79 Å². The summed E-state index contributed by atoms with van der Waals surface area (Å²) < 4.78 is 0. The highest BCUT2D eigenvalue weighted by molar-refractivity contribution is 5.75. The summed E-state index contributed by atoms with van der Waals surface area (Å²) in [5.41, 5.74) is 3.37. The number of aliphatic carboxylic acids is 1. The van der Waals surface area contributed by atoms with Gasteiger partial charge in [0.15, 0.2) is 0 Å². The Morgan fingerprint density at radius 3 is 1.80 bits per heavy atom. The van der Waals surface area contributed by atoms with Gasteiger partial charge in [0.2, 0.25) is 0 Å². The molecule has 2 aromatic rings. The van der Waals surface area contributed by atoms with Gasteiger partial charge in [-0.1, -0.05) is 72.6 Å². The Morgan fingerprint density at radius 2 is 1.45 bits per heavy atom. The molecule has 0 heterocycles. The van der Waals surface area contributed by atoms with Gasteiger partial charge in [0, 0.05) is 0 Å². The van der Waals surface area contributed by atoms with E-state index in [1.54, 1.807) is 0 Å². The molecule has 0 aliphatic heterocycles. The second kappa shape index (κ2) is 8.16. The minimum absolute atomic E-state index is 0.361. The number of rotatable bonds is 3. The lowest BCUT2D eigenvalue weighted by Gasteiger charge is -2.09. The maximum Gasteiger partial charge on any atom is 0.310 e. The molecule has 2 heteroatoms. The first-order valence-electron chi connectivity index (χ1n) is 6.85. The molecule has 0 amide bonds. The van der Waals surface area contributed by atoms with E-state index in [0.29, 0.717) is 6.42 Å². The smallest absolute Gasteiger partial charge is 0.310 e. The van der Waals surface area contributed by atoms with E-state index in [0.717, 1.165) is 11.1 Å². The molecule has 2 nitrogen and oxygen atoms in total. The van der Waals surface area contributed by atoms with Crippen LogP contribution in [0.3, 0.4) is 0 Å². The van der Waals surface area contributed by atoms with E-state index in [1.807, 2.05) is 56.3 Å². The molecule has 0 spiro atoms. The van der Waals surface area contributed by atoms with E-state index in [2.05, 4.69) is 19.1 Å². The topological polar surface area (TPSA) is 37.3 Å². The minimum Gasteiger partial charge on any atom is -0.481 e. The second-order valence-corrected chi connectivity index (χ2v) is 4.86. The molecule has 20 heavy (non-hydrogen) atoms. The third-order valence-corrected chi connectivity index (χ3v) is 3.13. The Bertz CT molecular complexity index is 515. The van der Waals surface area contributed by atoms with Crippen molar-refractivity contribution in [1.29, 1.82) is 0 Å². The Kier molecular flexibility index (Phi) is 6.51. The van der Waals surface area contributed by atoms with Crippen molar-refractivity contribution in [1.82, 2.24) is 0 Å². The Labute approximate surface area is 121 Å². The third kappa shape index (κ3) is 5.27. The zero-order chi connectivity index (χ0) is 15.0. The number of benzene rings is 2. The lowest BCUT2D eigenvalue weighted by molar-refractivity contribution is -0.138. The standard InChI is InChI=1S/C11H14O2.C7H8/c1-3-10(11(12)13)9-6-4-8(2)5-7-9;1-7-5-3-2-4-6-7/h4-7,10H,3H2,1-2H3,(H,12,13);2-6H,1H3. The zero-order valence-corrected chi connectivity index (χ0v) is 12.3. The van der Waals surface area contributed by atoms with E-state index >= 15 is 0 Å². The van der Waals surface area contributed by atoms with Gasteiger partial charge in [-0.2, -0.15) is 0 Å². The summed E-state index contributed by atoms with van der Waals surface area (Å²) >= 11 is 0. The molecule has 0 aromatic heterocycles. The fourth-order valence-corrected chi connectivity index (χ4v) is 1.89. The van der Waals surface area contributed by atoms with Crippen molar-refractivity contribution in [2.24, 2.45) is 0 Å². The molecular formula is C18H22O2. The predicted octanol–water partition coefficient (Wildman–Crippen LogP) is 4.57. The summed E-state index contributed by atoms with van der Waals surface area (Å²) in [6.07, 6.45) is 0.637. The molecule has 0 radical (unpaired) electrons. The number of carbonyl (C=O) groups is 1. The van der Waals surface area contributed by atoms with Gasteiger partial charge in [0.05, 0.1) is 5.92 Å². The summed E-state index contributed by atoms with van der Waals surface area (Å²) in [7, 11) is 0. The van der Waals surface area contributed by atoms with Gasteiger partial charge < -0.3 is 5.11 Å². The van der Waals surface area contributed by atoms with Gasteiger partial charge in [0.25, 0.3) is 0 Å². The van der Waals surface area contributed by atoms with Crippen LogP contribution < -0.4 is 0 Å². The number of aryl methyl sites for hydroxylation is 2. The highest BCUT2D eigenvalue weighted by Gasteiger charge is 2.16. The molecule has 0 aliphatic carbocycles. The molecule has 2 aromatic carbocycles. The quantitative estimate of drug-likeness (QED) is 0.887. The van der Waals surface area contributed by atoms with E-state index in [9.17, 15) is 4.79 Å². The van der Waals surface area contributed by atoms with E-state index in [4.69, 9.17) is 5.11 Å². The van der Waals surface area contributed by atoms with Crippen LogP contribution in [0, 0.1) is 13.8 Å². The van der Waals surface area contributed by atoms with Crippen LogP contribution in [0.1, 0.15) is 36.0 Å². The molecule has 106 valence electrons. The zero-order valence-electron chi connectivity index (χ0n) is 12.3. The average molecular weight is 270 g/mol. The highest BCUT2D eigenvalue weighted by Crippen LogP contribution is 2.19. The van der Waals surface area contributed by atoms with E-state index in [-0.39, 0.29) is 5.92 Å². The monoisotopic (exact) mass is 270 g/mol. The SMILES string of the molecule is CCC(C(=O)O)c1ccc(C)cc1.Cc1ccccc1. The normalized spacial score (nSPS) is 11.2. The number of hydrogen-bond donors (Lipinski definition) is 1. The summed E-state index contributed by atoms with van der Waals surface area (Å²) in [4.78, 5) is 10.8. The maximum atomic E-state index is 10.8. The third-order valence-electron chi connectivity index (χ3n) is 3.13. The van der Waals surface area contributed by atoms with Crippen LogP contribution in [0.4, 0.5) is 0 Å². The lowest BCUT2D eigenvalue weighted by atomic mass is 9.96. The van der Waals surface area contributed by atoms with Gasteiger partial charge in [-0.3, -0.25) is 4.79 Å². The van der Waals surface area contributed by atoms with Gasteiger partial charge in [-0.15, -0.1) is 0 Å². The number of carboxylic acid groups (broad SMARTS) is 1. The first kappa shape index (κ1) is 16.0. The van der Waals surface area contributed by atoms with Crippen LogP contribution >= 0.6 is 0 Å². The summed E-state index contributed by atoms with van der Waals surface area (Å²) in [5, 5.41) is 8.90. The number of hydrogen-bond acceptors (Lipinski definition) is 1. The van der Waals surface area contributed by atoms with Crippen LogP contribution in [0.15, 0.2) is 54.6 Å². The van der Waals surface area contributed by atoms with Crippen molar-refractivity contribution >= 4 is 5.97 Å². The van der Waals surface area contributed by atoms with Gasteiger partial charge in [-0.25, -0.2) is 0 Å². The fourth-order valence-electron chi connectivity index (χ4n) is 1.89. The van der Waals surface area contributed by atoms with E-state index < -0.39 is 5.97 Å². The number of carboxylic acids is 1.